The Morgan fingerprint density at radius 2 is 0.810 bits per heavy atom. The Morgan fingerprint density at radius 1 is 0.524 bits per heavy atom. The van der Waals surface area contributed by atoms with Crippen molar-refractivity contribution in [1.29, 1.82) is 0 Å². The third-order valence-corrected chi connectivity index (χ3v) is 7.90. The van der Waals surface area contributed by atoms with Crippen LogP contribution in [0.2, 0.25) is 0 Å². The van der Waals surface area contributed by atoms with Gasteiger partial charge in [-0.25, -0.2) is 0 Å². The zero-order valence-electron chi connectivity index (χ0n) is 15.4. The molecule has 0 atom stereocenters. The van der Waals surface area contributed by atoms with E-state index in [0.29, 0.717) is 10.8 Å². The summed E-state index contributed by atoms with van der Waals surface area (Å²) in [6, 6.07) is 0. The Bertz CT molecular complexity index is 272. The molecule has 1 heteroatoms. The normalized spacial score (nSPS) is 35.7. The molecule has 124 valence electrons. The van der Waals surface area contributed by atoms with E-state index in [2.05, 4.69) is 53.3 Å². The smallest absolute Gasteiger partial charge is 0.00500 e. The molecule has 0 aromatic heterocycles. The average Bonchev–Trinajstić information content (AvgIpc) is 2.38. The van der Waals surface area contributed by atoms with Gasteiger partial charge in [0.05, 0.1) is 0 Å². The first-order valence-corrected chi connectivity index (χ1v) is 10.3. The lowest BCUT2D eigenvalue weighted by Crippen LogP contribution is -2.30. The van der Waals surface area contributed by atoms with Gasteiger partial charge in [0.15, 0.2) is 0 Å². The third-order valence-electron chi connectivity index (χ3n) is 6.18. The molecule has 0 nitrogen and oxygen atoms in total. The highest BCUT2D eigenvalue weighted by Gasteiger charge is 2.33. The molecule has 0 bridgehead atoms. The van der Waals surface area contributed by atoms with Crippen molar-refractivity contribution in [2.75, 3.05) is 0 Å². The van der Waals surface area contributed by atoms with Crippen LogP contribution in [-0.2, 0) is 0 Å². The second-order valence-electron chi connectivity index (χ2n) is 9.82. The fraction of sp³-hybridized carbons (Fsp3) is 1.00. The van der Waals surface area contributed by atoms with Crippen molar-refractivity contribution in [3.05, 3.63) is 0 Å². The van der Waals surface area contributed by atoms with E-state index in [9.17, 15) is 0 Å². The van der Waals surface area contributed by atoms with E-state index in [1.165, 1.54) is 51.4 Å². The maximum atomic E-state index is 2.43. The molecule has 0 amide bonds. The van der Waals surface area contributed by atoms with Gasteiger partial charge in [-0.2, -0.15) is 11.8 Å². The van der Waals surface area contributed by atoms with E-state index in [1.807, 2.05) is 0 Å². The van der Waals surface area contributed by atoms with Crippen LogP contribution in [0.1, 0.15) is 92.9 Å². The van der Waals surface area contributed by atoms with Gasteiger partial charge in [-0.05, 0) is 74.0 Å². The summed E-state index contributed by atoms with van der Waals surface area (Å²) in [6.45, 7) is 14.6. The van der Waals surface area contributed by atoms with Crippen molar-refractivity contribution < 1.29 is 0 Å². The second-order valence-corrected chi connectivity index (χ2v) is 11.4. The van der Waals surface area contributed by atoms with Gasteiger partial charge < -0.3 is 0 Å². The topological polar surface area (TPSA) is 0 Å². The van der Waals surface area contributed by atoms with E-state index in [4.69, 9.17) is 0 Å². The zero-order valence-corrected chi connectivity index (χ0v) is 16.2. The Kier molecular flexibility index (Phi) is 5.77. The zero-order chi connectivity index (χ0) is 15.7. The van der Waals surface area contributed by atoms with Crippen LogP contribution < -0.4 is 0 Å². The molecule has 2 saturated carbocycles. The molecule has 2 rings (SSSR count). The number of thioether (sulfide) groups is 1. The molecule has 0 spiro atoms. The summed E-state index contributed by atoms with van der Waals surface area (Å²) >= 11 is 2.37. The van der Waals surface area contributed by atoms with Crippen molar-refractivity contribution in [3.63, 3.8) is 0 Å². The molecule has 0 N–H and O–H groups in total. The minimum Gasteiger partial charge on any atom is -0.155 e. The van der Waals surface area contributed by atoms with E-state index in [-0.39, 0.29) is 0 Å². The van der Waals surface area contributed by atoms with Crippen LogP contribution in [0.3, 0.4) is 0 Å². The van der Waals surface area contributed by atoms with Gasteiger partial charge in [-0.3, -0.25) is 0 Å². The predicted molar refractivity (Wildman–Crippen MR) is 98.0 cm³/mol. The van der Waals surface area contributed by atoms with Crippen LogP contribution in [0.15, 0.2) is 0 Å². The fourth-order valence-electron chi connectivity index (χ4n) is 4.40. The highest BCUT2D eigenvalue weighted by molar-refractivity contribution is 8.00. The largest absolute Gasteiger partial charge is 0.155 e. The molecule has 0 aromatic carbocycles. The molecule has 0 heterocycles. The molecular weight excluding hydrogens is 272 g/mol. The van der Waals surface area contributed by atoms with Gasteiger partial charge in [-0.15, -0.1) is 0 Å². The highest BCUT2D eigenvalue weighted by Crippen LogP contribution is 2.46. The maximum Gasteiger partial charge on any atom is 0.00500 e. The van der Waals surface area contributed by atoms with Crippen LogP contribution in [-0.4, -0.2) is 10.5 Å². The minimum atomic E-state index is 0.528. The first kappa shape index (κ1) is 17.7. The first-order valence-electron chi connectivity index (χ1n) is 9.31. The number of hydrogen-bond acceptors (Lipinski definition) is 1. The lowest BCUT2D eigenvalue weighted by Gasteiger charge is -2.40. The Labute approximate surface area is 138 Å². The van der Waals surface area contributed by atoms with Crippen LogP contribution in [0, 0.1) is 22.7 Å². The summed E-state index contributed by atoms with van der Waals surface area (Å²) in [5, 5.41) is 1.94. The monoisotopic (exact) mass is 310 g/mol. The summed E-state index contributed by atoms with van der Waals surface area (Å²) in [6.07, 6.45) is 11.8. The van der Waals surface area contributed by atoms with Gasteiger partial charge in [0.2, 0.25) is 0 Å². The van der Waals surface area contributed by atoms with Crippen molar-refractivity contribution in [2.45, 2.75) is 103 Å². The first-order chi connectivity index (χ1) is 9.66. The van der Waals surface area contributed by atoms with Crippen molar-refractivity contribution in [1.82, 2.24) is 0 Å². The Hall–Kier alpha value is 0.350. The van der Waals surface area contributed by atoms with Crippen molar-refractivity contribution >= 4 is 11.8 Å². The molecular formula is C20H38S. The lowest BCUT2D eigenvalue weighted by atomic mass is 9.72. The third kappa shape index (κ3) is 5.19. The molecule has 2 aliphatic rings. The van der Waals surface area contributed by atoms with E-state index in [0.717, 1.165) is 22.3 Å². The molecule has 0 aliphatic heterocycles. The molecule has 2 aliphatic carbocycles. The van der Waals surface area contributed by atoms with Gasteiger partial charge in [0, 0.05) is 10.5 Å². The predicted octanol–water partition coefficient (Wildman–Crippen LogP) is 6.93. The van der Waals surface area contributed by atoms with Crippen LogP contribution in [0.5, 0.6) is 0 Å². The molecule has 2 fully saturated rings. The summed E-state index contributed by atoms with van der Waals surface area (Å²) < 4.78 is 0. The van der Waals surface area contributed by atoms with Gasteiger partial charge >= 0.3 is 0 Å². The number of hydrogen-bond donors (Lipinski definition) is 0. The molecule has 0 saturated heterocycles. The standard InChI is InChI=1S/C20H38S/c1-19(2,3)15-7-11-17(12-8-15)21-18-13-9-16(10-14-18)20(4,5)6/h15-18H,7-14H2,1-6H3. The van der Waals surface area contributed by atoms with E-state index >= 15 is 0 Å². The summed E-state index contributed by atoms with van der Waals surface area (Å²) in [5.74, 6) is 1.93. The van der Waals surface area contributed by atoms with E-state index < -0.39 is 0 Å². The highest BCUT2D eigenvalue weighted by atomic mass is 32.2. The Balaban J connectivity index is 1.71. The van der Waals surface area contributed by atoms with Gasteiger partial charge in [-0.1, -0.05) is 41.5 Å². The van der Waals surface area contributed by atoms with Crippen molar-refractivity contribution in [2.24, 2.45) is 22.7 Å². The molecule has 0 aromatic rings. The van der Waals surface area contributed by atoms with Crippen LogP contribution in [0.25, 0.3) is 0 Å². The maximum absolute atomic E-state index is 2.43. The number of rotatable bonds is 2. The lowest BCUT2D eigenvalue weighted by molar-refractivity contribution is 0.178. The van der Waals surface area contributed by atoms with Crippen molar-refractivity contribution in [3.8, 4) is 0 Å². The Morgan fingerprint density at radius 3 is 1.05 bits per heavy atom. The van der Waals surface area contributed by atoms with Crippen LogP contribution in [0.4, 0.5) is 0 Å². The van der Waals surface area contributed by atoms with Crippen LogP contribution >= 0.6 is 11.8 Å². The quantitative estimate of drug-likeness (QED) is 0.533. The average molecular weight is 311 g/mol. The van der Waals surface area contributed by atoms with E-state index in [1.54, 1.807) is 0 Å². The molecule has 21 heavy (non-hydrogen) atoms. The summed E-state index contributed by atoms with van der Waals surface area (Å²) in [5.41, 5.74) is 1.06. The van der Waals surface area contributed by atoms with Gasteiger partial charge in [0.25, 0.3) is 0 Å². The second kappa shape index (κ2) is 6.85. The summed E-state index contributed by atoms with van der Waals surface area (Å²) in [4.78, 5) is 0. The van der Waals surface area contributed by atoms with Gasteiger partial charge in [0.1, 0.15) is 0 Å². The molecule has 0 radical (unpaired) electrons. The summed E-state index contributed by atoms with van der Waals surface area (Å²) in [7, 11) is 0. The SMILES string of the molecule is CC(C)(C)C1CCC(SC2CCC(C(C)(C)C)CC2)CC1. The molecule has 0 unspecified atom stereocenters. The minimum absolute atomic E-state index is 0.528. The fourth-order valence-corrected chi connectivity index (χ4v) is 6.04.